The van der Waals surface area contributed by atoms with Crippen molar-refractivity contribution in [2.75, 3.05) is 18.1 Å². The Morgan fingerprint density at radius 3 is 2.50 bits per heavy atom. The molecule has 0 bridgehead atoms. The van der Waals surface area contributed by atoms with Crippen LogP contribution in [0.1, 0.15) is 23.2 Å². The second-order valence-corrected chi connectivity index (χ2v) is 6.34. The second-order valence-electron chi connectivity index (χ2n) is 6.34. The summed E-state index contributed by atoms with van der Waals surface area (Å²) in [5.74, 6) is 0.0367. The fourth-order valence-corrected chi connectivity index (χ4v) is 3.35. The standard InChI is InChI=1S/C22H19NO3/c24-21-18-11-3-4-12-19(18)23(22(21)25)14-5-6-15-26-20-13-7-9-16-8-1-2-10-17(16)20/h1-4,7-13H,5-6,14-15H2. The number of para-hydroxylation sites is 1. The number of Topliss-reactive ketones (excluding diaryl/α,β-unsaturated/α-hetero) is 1. The monoisotopic (exact) mass is 345 g/mol. The van der Waals surface area contributed by atoms with Gasteiger partial charge in [0.05, 0.1) is 17.9 Å². The van der Waals surface area contributed by atoms with Gasteiger partial charge in [-0.15, -0.1) is 0 Å². The molecule has 0 saturated carbocycles. The molecule has 3 aromatic carbocycles. The Kier molecular flexibility index (Phi) is 4.40. The molecular formula is C22H19NO3. The van der Waals surface area contributed by atoms with Crippen LogP contribution in [-0.2, 0) is 4.79 Å². The molecule has 3 aromatic rings. The van der Waals surface area contributed by atoms with Gasteiger partial charge in [-0.1, -0.05) is 48.5 Å². The molecule has 0 spiro atoms. The molecule has 4 nitrogen and oxygen atoms in total. The number of anilines is 1. The highest BCUT2D eigenvalue weighted by atomic mass is 16.5. The Hall–Kier alpha value is -3.14. The van der Waals surface area contributed by atoms with Gasteiger partial charge in [0.2, 0.25) is 0 Å². The van der Waals surface area contributed by atoms with Crippen LogP contribution in [0.4, 0.5) is 5.69 Å². The number of hydrogen-bond acceptors (Lipinski definition) is 3. The third kappa shape index (κ3) is 2.94. The predicted molar refractivity (Wildman–Crippen MR) is 102 cm³/mol. The molecule has 0 aliphatic carbocycles. The Balaban J connectivity index is 1.33. The molecule has 0 atom stereocenters. The summed E-state index contributed by atoms with van der Waals surface area (Å²) in [6.45, 7) is 1.10. The van der Waals surface area contributed by atoms with Crippen LogP contribution in [0.5, 0.6) is 5.75 Å². The average molecular weight is 345 g/mol. The van der Waals surface area contributed by atoms with E-state index in [-0.39, 0.29) is 0 Å². The van der Waals surface area contributed by atoms with Gasteiger partial charge in [-0.2, -0.15) is 0 Å². The lowest BCUT2D eigenvalue weighted by Gasteiger charge is -2.16. The van der Waals surface area contributed by atoms with Crippen LogP contribution in [0.3, 0.4) is 0 Å². The summed E-state index contributed by atoms with van der Waals surface area (Å²) in [5, 5.41) is 2.26. The van der Waals surface area contributed by atoms with Gasteiger partial charge in [-0.3, -0.25) is 9.59 Å². The van der Waals surface area contributed by atoms with Crippen molar-refractivity contribution in [3.05, 3.63) is 72.3 Å². The minimum Gasteiger partial charge on any atom is -0.493 e. The molecule has 1 aliphatic rings. The van der Waals surface area contributed by atoms with Gasteiger partial charge >= 0.3 is 0 Å². The van der Waals surface area contributed by atoms with Crippen molar-refractivity contribution in [1.82, 2.24) is 0 Å². The van der Waals surface area contributed by atoms with Gasteiger partial charge in [0.15, 0.2) is 0 Å². The molecule has 130 valence electrons. The first kappa shape index (κ1) is 16.3. The highest BCUT2D eigenvalue weighted by Crippen LogP contribution is 2.29. The van der Waals surface area contributed by atoms with E-state index in [1.54, 1.807) is 17.0 Å². The molecular weight excluding hydrogens is 326 g/mol. The normalized spacial score (nSPS) is 13.3. The molecule has 4 rings (SSSR count). The van der Waals surface area contributed by atoms with E-state index >= 15 is 0 Å². The van der Waals surface area contributed by atoms with E-state index < -0.39 is 11.7 Å². The zero-order valence-electron chi connectivity index (χ0n) is 14.4. The van der Waals surface area contributed by atoms with Crippen molar-refractivity contribution < 1.29 is 14.3 Å². The summed E-state index contributed by atoms with van der Waals surface area (Å²) < 4.78 is 5.93. The Morgan fingerprint density at radius 2 is 1.58 bits per heavy atom. The van der Waals surface area contributed by atoms with Crippen molar-refractivity contribution >= 4 is 28.2 Å². The summed E-state index contributed by atoms with van der Waals surface area (Å²) >= 11 is 0. The van der Waals surface area contributed by atoms with Gasteiger partial charge < -0.3 is 9.64 Å². The first-order chi connectivity index (χ1) is 12.8. The van der Waals surface area contributed by atoms with Gasteiger partial charge in [0.25, 0.3) is 11.7 Å². The minimum atomic E-state index is -0.429. The van der Waals surface area contributed by atoms with E-state index in [9.17, 15) is 9.59 Å². The molecule has 1 heterocycles. The number of amides is 1. The first-order valence-corrected chi connectivity index (χ1v) is 8.81. The molecule has 0 saturated heterocycles. The number of carbonyl (C=O) groups is 2. The largest absolute Gasteiger partial charge is 0.493 e. The molecule has 0 aromatic heterocycles. The minimum absolute atomic E-state index is 0.410. The zero-order valence-corrected chi connectivity index (χ0v) is 14.4. The third-order valence-electron chi connectivity index (χ3n) is 4.66. The van der Waals surface area contributed by atoms with Gasteiger partial charge in [-0.05, 0) is 36.4 Å². The van der Waals surface area contributed by atoms with Crippen molar-refractivity contribution in [1.29, 1.82) is 0 Å². The lowest BCUT2D eigenvalue weighted by molar-refractivity contribution is -0.114. The number of rotatable bonds is 6. The molecule has 0 N–H and O–H groups in total. The van der Waals surface area contributed by atoms with Crippen LogP contribution >= 0.6 is 0 Å². The molecule has 4 heteroatoms. The highest BCUT2D eigenvalue weighted by Gasteiger charge is 2.34. The first-order valence-electron chi connectivity index (χ1n) is 8.81. The summed E-state index contributed by atoms with van der Waals surface area (Å²) in [5.41, 5.74) is 1.22. The van der Waals surface area contributed by atoms with Crippen LogP contribution in [0.15, 0.2) is 66.7 Å². The molecule has 0 radical (unpaired) electrons. The van der Waals surface area contributed by atoms with Crippen LogP contribution in [0.25, 0.3) is 10.8 Å². The number of benzene rings is 3. The summed E-state index contributed by atoms with van der Waals surface area (Å²) in [6.07, 6.45) is 1.58. The maximum Gasteiger partial charge on any atom is 0.299 e. The quantitative estimate of drug-likeness (QED) is 0.496. The number of hydrogen-bond donors (Lipinski definition) is 0. The van der Waals surface area contributed by atoms with Crippen LogP contribution in [0.2, 0.25) is 0 Å². The third-order valence-corrected chi connectivity index (χ3v) is 4.66. The highest BCUT2D eigenvalue weighted by molar-refractivity contribution is 6.52. The number of unbranched alkanes of at least 4 members (excludes halogenated alkanes) is 1. The summed E-state index contributed by atoms with van der Waals surface area (Å²) in [4.78, 5) is 25.7. The van der Waals surface area contributed by atoms with Crippen molar-refractivity contribution in [3.8, 4) is 5.75 Å². The molecule has 26 heavy (non-hydrogen) atoms. The van der Waals surface area contributed by atoms with E-state index in [2.05, 4.69) is 18.2 Å². The molecule has 1 amide bonds. The lowest BCUT2D eigenvalue weighted by atomic mass is 10.1. The number of nitrogens with zero attached hydrogens (tertiary/aromatic N) is 1. The average Bonchev–Trinajstić information content (AvgIpc) is 2.93. The SMILES string of the molecule is O=C1C(=O)N(CCCCOc2cccc3ccccc23)c2ccccc21. The van der Waals surface area contributed by atoms with Crippen molar-refractivity contribution in [2.45, 2.75) is 12.8 Å². The van der Waals surface area contributed by atoms with E-state index in [1.165, 1.54) is 0 Å². The van der Waals surface area contributed by atoms with Gasteiger partial charge in [0.1, 0.15) is 5.75 Å². The fourth-order valence-electron chi connectivity index (χ4n) is 3.35. The second kappa shape index (κ2) is 7.00. The number of carbonyl (C=O) groups excluding carboxylic acids is 2. The van der Waals surface area contributed by atoms with Crippen LogP contribution < -0.4 is 9.64 Å². The van der Waals surface area contributed by atoms with Crippen LogP contribution in [-0.4, -0.2) is 24.8 Å². The van der Waals surface area contributed by atoms with E-state index in [1.807, 2.05) is 36.4 Å². The smallest absolute Gasteiger partial charge is 0.299 e. The fraction of sp³-hybridized carbons (Fsp3) is 0.182. The van der Waals surface area contributed by atoms with E-state index in [0.29, 0.717) is 18.7 Å². The Morgan fingerprint density at radius 1 is 0.808 bits per heavy atom. The number of fused-ring (bicyclic) bond motifs is 2. The number of ketones is 1. The van der Waals surface area contributed by atoms with Gasteiger partial charge in [0, 0.05) is 11.9 Å². The maximum atomic E-state index is 12.1. The van der Waals surface area contributed by atoms with Gasteiger partial charge in [-0.25, -0.2) is 0 Å². The van der Waals surface area contributed by atoms with E-state index in [4.69, 9.17) is 4.74 Å². The summed E-state index contributed by atoms with van der Waals surface area (Å²) in [6, 6.07) is 21.3. The molecule has 0 unspecified atom stereocenters. The molecule has 1 aliphatic heterocycles. The lowest BCUT2D eigenvalue weighted by Crippen LogP contribution is -2.30. The molecule has 0 fully saturated rings. The van der Waals surface area contributed by atoms with Crippen LogP contribution in [0, 0.1) is 0 Å². The Bertz CT molecular complexity index is 975. The van der Waals surface area contributed by atoms with Crippen molar-refractivity contribution in [2.24, 2.45) is 0 Å². The predicted octanol–water partition coefficient (Wildman–Crippen LogP) is 4.23. The summed E-state index contributed by atoms with van der Waals surface area (Å²) in [7, 11) is 0. The Labute approximate surface area is 152 Å². The van der Waals surface area contributed by atoms with E-state index in [0.717, 1.165) is 35.1 Å². The zero-order chi connectivity index (χ0) is 17.9. The van der Waals surface area contributed by atoms with Crippen molar-refractivity contribution in [3.63, 3.8) is 0 Å². The topological polar surface area (TPSA) is 46.6 Å². The number of ether oxygens (including phenoxy) is 1. The maximum absolute atomic E-state index is 12.1.